The number of carbonyl (C=O) groups is 1. The Balaban J connectivity index is 1.57. The fraction of sp³-hybridized carbons (Fsp3) is 0.318. The molecule has 5 rings (SSSR count). The van der Waals surface area contributed by atoms with Gasteiger partial charge in [0.15, 0.2) is 5.82 Å². The number of ether oxygens (including phenoxy) is 1. The van der Waals surface area contributed by atoms with Gasteiger partial charge in [-0.1, -0.05) is 19.1 Å². The van der Waals surface area contributed by atoms with Crippen LogP contribution in [0.25, 0.3) is 11.4 Å². The van der Waals surface area contributed by atoms with E-state index in [-0.39, 0.29) is 5.69 Å². The van der Waals surface area contributed by atoms with Crippen molar-refractivity contribution in [2.24, 2.45) is 18.0 Å². The van der Waals surface area contributed by atoms with E-state index in [1.54, 1.807) is 23.1 Å². The molecule has 1 atom stereocenters. The van der Waals surface area contributed by atoms with Crippen molar-refractivity contribution in [1.82, 2.24) is 19.7 Å². The maximum atomic E-state index is 13.0. The Morgan fingerprint density at radius 1 is 1.23 bits per heavy atom. The smallest absolute Gasteiger partial charge is 0.298 e. The van der Waals surface area contributed by atoms with E-state index >= 15 is 0 Å². The molecule has 1 aromatic carbocycles. The standard InChI is InChI=1S/C22H23N7O2/c1-14-6-5-11-31-21-15(12-24-28(21)2)19-23-10-9-17(25-19)20(30)27-22-26-16-7-3-4-8-18(16)29(22)13-14/h3-4,7-10,12,14H,5-6,11,13H2,1-2H3,(H,26,27,30)/t14-/m1/s1. The van der Waals surface area contributed by atoms with Crippen molar-refractivity contribution >= 4 is 23.2 Å². The maximum Gasteiger partial charge on any atom is 0.298 e. The molecule has 2 aliphatic heterocycles. The number of aliphatic imine (C=N–C) groups is 1. The van der Waals surface area contributed by atoms with Crippen LogP contribution in [0.4, 0.5) is 11.4 Å². The van der Waals surface area contributed by atoms with Gasteiger partial charge in [-0.2, -0.15) is 10.1 Å². The fourth-order valence-corrected chi connectivity index (χ4v) is 3.91. The second kappa shape index (κ2) is 7.82. The van der Waals surface area contributed by atoms with Crippen LogP contribution < -0.4 is 15.0 Å². The first-order chi connectivity index (χ1) is 15.1. The molecule has 3 aromatic rings. The van der Waals surface area contributed by atoms with Crippen LogP contribution in [-0.4, -0.2) is 44.8 Å². The number of guanidine groups is 1. The molecule has 9 nitrogen and oxygen atoms in total. The summed E-state index contributed by atoms with van der Waals surface area (Å²) < 4.78 is 7.69. The molecule has 0 fully saturated rings. The van der Waals surface area contributed by atoms with Crippen molar-refractivity contribution in [3.05, 3.63) is 48.4 Å². The number of aromatic nitrogens is 4. The van der Waals surface area contributed by atoms with Crippen LogP contribution in [0.5, 0.6) is 5.88 Å². The van der Waals surface area contributed by atoms with E-state index in [1.807, 2.05) is 31.3 Å². The van der Waals surface area contributed by atoms with Gasteiger partial charge in [0.1, 0.15) is 11.3 Å². The SMILES string of the molecule is C[C@@H]1CCCOc2c(cnn2C)-c2nccc(n2)C(=O)/N=C2\Nc3ccccc3N2C1. The number of para-hydroxylation sites is 2. The summed E-state index contributed by atoms with van der Waals surface area (Å²) in [5.74, 6) is 1.43. The van der Waals surface area contributed by atoms with Crippen LogP contribution in [0.1, 0.15) is 30.3 Å². The lowest BCUT2D eigenvalue weighted by atomic mass is 10.1. The summed E-state index contributed by atoms with van der Waals surface area (Å²) in [6, 6.07) is 9.54. The topological polar surface area (TPSA) is 97.5 Å². The van der Waals surface area contributed by atoms with E-state index in [1.165, 1.54) is 0 Å². The van der Waals surface area contributed by atoms with Gasteiger partial charge in [0.2, 0.25) is 11.8 Å². The van der Waals surface area contributed by atoms with Gasteiger partial charge in [0, 0.05) is 19.8 Å². The number of nitrogens with zero attached hydrogens (tertiary/aromatic N) is 6. The predicted molar refractivity (Wildman–Crippen MR) is 117 cm³/mol. The lowest BCUT2D eigenvalue weighted by Crippen LogP contribution is -2.35. The number of amides is 1. The Kier molecular flexibility index (Phi) is 4.85. The third-order valence-electron chi connectivity index (χ3n) is 5.48. The Hall–Kier alpha value is -3.75. The maximum absolute atomic E-state index is 13.0. The number of rotatable bonds is 0. The van der Waals surface area contributed by atoms with Crippen molar-refractivity contribution in [2.75, 3.05) is 23.4 Å². The molecule has 158 valence electrons. The molecule has 31 heavy (non-hydrogen) atoms. The van der Waals surface area contributed by atoms with E-state index in [9.17, 15) is 4.79 Å². The number of anilines is 2. The van der Waals surface area contributed by atoms with E-state index in [2.05, 4.69) is 37.2 Å². The molecule has 2 aromatic heterocycles. The van der Waals surface area contributed by atoms with Gasteiger partial charge < -0.3 is 15.0 Å². The van der Waals surface area contributed by atoms with E-state index in [0.29, 0.717) is 35.8 Å². The van der Waals surface area contributed by atoms with E-state index in [4.69, 9.17) is 4.74 Å². The number of aryl methyl sites for hydroxylation is 1. The lowest BCUT2D eigenvalue weighted by Gasteiger charge is -2.23. The fourth-order valence-electron chi connectivity index (χ4n) is 3.91. The number of hydrogen-bond donors (Lipinski definition) is 1. The van der Waals surface area contributed by atoms with Crippen molar-refractivity contribution in [2.45, 2.75) is 19.8 Å². The first-order valence-electron chi connectivity index (χ1n) is 10.3. The van der Waals surface area contributed by atoms with Gasteiger partial charge in [0.05, 0.1) is 24.2 Å². The summed E-state index contributed by atoms with van der Waals surface area (Å²) in [4.78, 5) is 28.2. The van der Waals surface area contributed by atoms with Crippen LogP contribution in [0.3, 0.4) is 0 Å². The molecular weight excluding hydrogens is 394 g/mol. The lowest BCUT2D eigenvalue weighted by molar-refractivity contribution is 0.0998. The normalized spacial score (nSPS) is 20.2. The molecule has 2 bridgehead atoms. The Labute approximate surface area is 179 Å². The third kappa shape index (κ3) is 3.63. The number of nitrogens with one attached hydrogen (secondary N) is 1. The number of carbonyl (C=O) groups excluding carboxylic acids is 1. The summed E-state index contributed by atoms with van der Waals surface area (Å²) in [6.07, 6.45) is 5.07. The summed E-state index contributed by atoms with van der Waals surface area (Å²) in [6.45, 7) is 3.50. The molecule has 9 heteroatoms. The van der Waals surface area contributed by atoms with E-state index < -0.39 is 5.91 Å². The molecule has 0 aliphatic carbocycles. The van der Waals surface area contributed by atoms with E-state index in [0.717, 1.165) is 30.8 Å². The number of hydrogen-bond acceptors (Lipinski definition) is 7. The van der Waals surface area contributed by atoms with Crippen molar-refractivity contribution in [3.63, 3.8) is 0 Å². The highest BCUT2D eigenvalue weighted by Crippen LogP contribution is 2.33. The van der Waals surface area contributed by atoms with Crippen LogP contribution >= 0.6 is 0 Å². The molecule has 0 saturated carbocycles. The largest absolute Gasteiger partial charge is 0.477 e. The van der Waals surface area contributed by atoms with Crippen LogP contribution in [0.2, 0.25) is 0 Å². The van der Waals surface area contributed by atoms with Gasteiger partial charge in [-0.05, 0) is 37.0 Å². The monoisotopic (exact) mass is 417 g/mol. The molecular formula is C22H23N7O2. The highest BCUT2D eigenvalue weighted by Gasteiger charge is 2.28. The minimum absolute atomic E-state index is 0.216. The second-order valence-corrected chi connectivity index (χ2v) is 7.84. The molecule has 0 spiro atoms. The van der Waals surface area contributed by atoms with Crippen LogP contribution in [-0.2, 0) is 7.05 Å². The minimum atomic E-state index is -0.433. The summed E-state index contributed by atoms with van der Waals surface area (Å²) in [5, 5.41) is 7.56. The zero-order valence-corrected chi connectivity index (χ0v) is 17.4. The zero-order valence-electron chi connectivity index (χ0n) is 17.4. The molecule has 4 heterocycles. The van der Waals surface area contributed by atoms with Gasteiger partial charge in [-0.15, -0.1) is 0 Å². The Morgan fingerprint density at radius 2 is 2.10 bits per heavy atom. The quantitative estimate of drug-likeness (QED) is 0.600. The van der Waals surface area contributed by atoms with Crippen LogP contribution in [0.15, 0.2) is 47.7 Å². The molecule has 1 N–H and O–H groups in total. The summed E-state index contributed by atoms with van der Waals surface area (Å²) >= 11 is 0. The second-order valence-electron chi connectivity index (χ2n) is 7.84. The van der Waals surface area contributed by atoms with Crippen molar-refractivity contribution < 1.29 is 9.53 Å². The Bertz CT molecular complexity index is 1170. The third-order valence-corrected chi connectivity index (χ3v) is 5.48. The molecule has 0 saturated heterocycles. The van der Waals surface area contributed by atoms with Crippen LogP contribution in [0, 0.1) is 5.92 Å². The average Bonchev–Trinajstić information content (AvgIpc) is 3.31. The summed E-state index contributed by atoms with van der Waals surface area (Å²) in [7, 11) is 1.81. The molecule has 0 unspecified atom stereocenters. The highest BCUT2D eigenvalue weighted by molar-refractivity contribution is 6.18. The molecule has 1 amide bonds. The first-order valence-corrected chi connectivity index (χ1v) is 10.3. The van der Waals surface area contributed by atoms with Gasteiger partial charge in [-0.25, -0.2) is 14.6 Å². The van der Waals surface area contributed by atoms with Crippen molar-refractivity contribution in [3.8, 4) is 17.3 Å². The predicted octanol–water partition coefficient (Wildman–Crippen LogP) is 3.11. The molecule has 0 radical (unpaired) electrons. The summed E-state index contributed by atoms with van der Waals surface area (Å²) in [5.41, 5.74) is 2.83. The van der Waals surface area contributed by atoms with Gasteiger partial charge in [0.25, 0.3) is 5.91 Å². The minimum Gasteiger partial charge on any atom is -0.477 e. The first kappa shape index (κ1) is 19.2. The number of fused-ring (bicyclic) bond motifs is 7. The number of benzene rings is 1. The average molecular weight is 417 g/mol. The van der Waals surface area contributed by atoms with Gasteiger partial charge in [-0.3, -0.25) is 4.79 Å². The van der Waals surface area contributed by atoms with Gasteiger partial charge >= 0.3 is 0 Å². The molecule has 2 aliphatic rings. The Morgan fingerprint density at radius 3 is 3.00 bits per heavy atom. The van der Waals surface area contributed by atoms with Crippen molar-refractivity contribution in [1.29, 1.82) is 0 Å². The highest BCUT2D eigenvalue weighted by atomic mass is 16.5. The zero-order chi connectivity index (χ0) is 21.4.